The first-order valence-electron chi connectivity index (χ1n) is 44.3. The number of likely N-dealkylation sites (tertiary alicyclic amines) is 3. The molecule has 126 heavy (non-hydrogen) atoms. The number of nitrogens with zero attached hydrogens (tertiary/aromatic N) is 6. The number of benzene rings is 6. The summed E-state index contributed by atoms with van der Waals surface area (Å²) in [7, 11) is 4.53. The quantitative estimate of drug-likeness (QED) is 0.0408. The van der Waals surface area contributed by atoms with E-state index in [1.165, 1.54) is 46.2 Å². The van der Waals surface area contributed by atoms with Crippen LogP contribution in [-0.4, -0.2) is 130 Å². The number of hydrogen-bond acceptors (Lipinski definition) is 16. The molecule has 0 spiro atoms. The Morgan fingerprint density at radius 1 is 0.397 bits per heavy atom. The van der Waals surface area contributed by atoms with Gasteiger partial charge in [-0.2, -0.15) is 3.89 Å². The fourth-order valence-corrected chi connectivity index (χ4v) is 19.7. The van der Waals surface area contributed by atoms with Crippen LogP contribution in [0.3, 0.4) is 0 Å². The monoisotopic (exact) mass is 1750 g/mol. The third-order valence-corrected chi connectivity index (χ3v) is 27.0. The number of hydrogen-bond donors (Lipinski definition) is 3. The summed E-state index contributed by atoms with van der Waals surface area (Å²) in [5, 5.41) is 29.1. The van der Waals surface area contributed by atoms with Gasteiger partial charge in [0.15, 0.2) is 34.7 Å². The highest BCUT2D eigenvalue weighted by atomic mass is 32.2. The Kier molecular flexibility index (Phi) is 29.0. The molecule has 0 radical (unpaired) electrons. The number of fused-ring (bicyclic) bond motifs is 3. The molecule has 18 nitrogen and oxygen atoms in total. The molecule has 9 aromatic rings. The molecule has 3 N–H and O–H groups in total. The number of methoxy groups -OCH3 is 3. The van der Waals surface area contributed by atoms with Crippen LogP contribution in [0.25, 0.3) is 33.4 Å². The molecule has 9 aliphatic rings. The maximum Gasteiger partial charge on any atom is 0.306 e. The standard InChI is InChI=1S/3C33H36F2N2O4.CH3FS/c3*1-19(33(38)39)30(20-5-6-20)25-11-7-21-9-12-28(41-32(21)31(25)35)22-8-10-24(23(15-22)18-37-13-3-4-14-37)26-16-29(40-2)36-17-27(26)34;1-3-2/h3*7-8,10-11,15-17,19-20,28,30H,3-6,9,12-14,18H2,1-2H3,(H,38,39);1H3/t3*19-,28?,30-;/m000./s1. The van der Waals surface area contributed by atoms with E-state index in [4.69, 9.17) is 28.4 Å². The highest BCUT2D eigenvalue weighted by molar-refractivity contribution is 7.93. The number of aryl methyl sites for hydroxylation is 3. The normalized spacial score (nSPS) is 19.9. The van der Waals surface area contributed by atoms with Crippen molar-refractivity contribution in [1.29, 1.82) is 0 Å². The minimum atomic E-state index is -0.910. The van der Waals surface area contributed by atoms with Gasteiger partial charge in [-0.25, -0.2) is 41.3 Å². The van der Waals surface area contributed by atoms with Crippen molar-refractivity contribution in [3.63, 3.8) is 0 Å². The van der Waals surface area contributed by atoms with E-state index < -0.39 is 70.6 Å². The van der Waals surface area contributed by atoms with Crippen molar-refractivity contribution in [2.75, 3.05) is 66.9 Å². The van der Waals surface area contributed by atoms with Crippen LogP contribution in [-0.2, 0) is 53.3 Å². The van der Waals surface area contributed by atoms with Gasteiger partial charge in [0.25, 0.3) is 0 Å². The average Bonchev–Trinajstić information content (AvgIpc) is 1.70. The minimum absolute atomic E-state index is 0.181. The van der Waals surface area contributed by atoms with E-state index in [1.807, 2.05) is 54.6 Å². The Balaban J connectivity index is 0.000000143. The second kappa shape index (κ2) is 40.4. The van der Waals surface area contributed by atoms with Crippen molar-refractivity contribution in [2.24, 2.45) is 35.5 Å². The Morgan fingerprint density at radius 2 is 0.651 bits per heavy atom. The number of carboxylic acids is 3. The lowest BCUT2D eigenvalue weighted by atomic mass is 9.82. The molecular formula is C100H111F7N6O12S. The van der Waals surface area contributed by atoms with E-state index >= 15 is 13.2 Å². The minimum Gasteiger partial charge on any atom is -0.482 e. The second-order valence-electron chi connectivity index (χ2n) is 35.3. The van der Waals surface area contributed by atoms with Gasteiger partial charge in [0.05, 0.1) is 57.7 Å². The summed E-state index contributed by atoms with van der Waals surface area (Å²) in [6, 6.07) is 33.6. The number of rotatable bonds is 27. The van der Waals surface area contributed by atoms with Crippen molar-refractivity contribution in [2.45, 2.75) is 192 Å². The van der Waals surface area contributed by atoms with Gasteiger partial charge in [-0.05, 0) is 256 Å². The summed E-state index contributed by atoms with van der Waals surface area (Å²) >= 11 is 0.250. The third kappa shape index (κ3) is 20.5. The molecule has 9 atom stereocenters. The van der Waals surface area contributed by atoms with E-state index in [1.54, 1.807) is 57.2 Å². The van der Waals surface area contributed by atoms with Crippen LogP contribution in [0.5, 0.6) is 34.9 Å². The molecule has 9 heterocycles. The molecular weight excluding hydrogens is 1640 g/mol. The largest absolute Gasteiger partial charge is 0.482 e. The van der Waals surface area contributed by atoms with E-state index in [0.717, 1.165) is 183 Å². The van der Waals surface area contributed by atoms with Crippen LogP contribution in [0, 0.1) is 70.4 Å². The Bertz CT molecular complexity index is 4910. The number of pyridine rings is 3. The number of aliphatic carboxylic acids is 3. The number of carboxylic acid groups (broad SMARTS) is 3. The van der Waals surface area contributed by atoms with Crippen molar-refractivity contribution in [3.8, 4) is 68.3 Å². The molecule has 3 saturated heterocycles. The summed E-state index contributed by atoms with van der Waals surface area (Å²) in [6.07, 6.45) is 20.1. The van der Waals surface area contributed by atoms with Crippen LogP contribution < -0.4 is 28.4 Å². The predicted octanol–water partition coefficient (Wildman–Crippen LogP) is 22.0. The smallest absolute Gasteiger partial charge is 0.306 e. The number of halogens is 7. The van der Waals surface area contributed by atoms with Crippen LogP contribution in [0.2, 0.25) is 0 Å². The molecule has 3 saturated carbocycles. The molecule has 668 valence electrons. The van der Waals surface area contributed by atoms with Gasteiger partial charge >= 0.3 is 17.9 Å². The average molecular weight is 1750 g/mol. The first-order chi connectivity index (χ1) is 60.9. The van der Waals surface area contributed by atoms with Gasteiger partial charge in [0, 0.05) is 90.7 Å². The summed E-state index contributed by atoms with van der Waals surface area (Å²) in [5.74, 6) is -6.16. The van der Waals surface area contributed by atoms with Gasteiger partial charge in [-0.1, -0.05) is 112 Å². The summed E-state index contributed by atoms with van der Waals surface area (Å²) < 4.78 is 138. The Hall–Kier alpha value is -10.3. The molecule has 0 bridgehead atoms. The molecule has 18 rings (SSSR count). The van der Waals surface area contributed by atoms with Crippen LogP contribution in [0.4, 0.5) is 30.2 Å². The first kappa shape index (κ1) is 90.5. The van der Waals surface area contributed by atoms with Crippen molar-refractivity contribution in [3.05, 3.63) is 229 Å². The fourth-order valence-electron chi connectivity index (χ4n) is 19.7. The molecule has 0 amide bonds. The molecule has 3 aliphatic carbocycles. The number of aromatic nitrogens is 3. The highest BCUT2D eigenvalue weighted by Gasteiger charge is 2.45. The summed E-state index contributed by atoms with van der Waals surface area (Å²) in [4.78, 5) is 54.6. The van der Waals surface area contributed by atoms with Gasteiger partial charge in [-0.3, -0.25) is 29.1 Å². The van der Waals surface area contributed by atoms with Crippen LogP contribution >= 0.6 is 12.1 Å². The first-order valence-corrected chi connectivity index (χ1v) is 45.5. The molecule has 3 aromatic heterocycles. The van der Waals surface area contributed by atoms with E-state index in [0.29, 0.717) is 109 Å². The lowest BCUT2D eigenvalue weighted by Gasteiger charge is -2.30. The van der Waals surface area contributed by atoms with Crippen molar-refractivity contribution >= 4 is 30.1 Å². The maximum absolute atomic E-state index is 16.1. The zero-order valence-corrected chi connectivity index (χ0v) is 73.2. The zero-order chi connectivity index (χ0) is 88.7. The van der Waals surface area contributed by atoms with Crippen LogP contribution in [0.15, 0.2) is 128 Å². The lowest BCUT2D eigenvalue weighted by Crippen LogP contribution is -2.23. The van der Waals surface area contributed by atoms with Gasteiger partial charge in [0.2, 0.25) is 17.6 Å². The van der Waals surface area contributed by atoms with Crippen molar-refractivity contribution < 1.29 is 88.4 Å². The predicted molar refractivity (Wildman–Crippen MR) is 468 cm³/mol. The highest BCUT2D eigenvalue weighted by Crippen LogP contribution is 2.54. The topological polar surface area (TPSA) is 216 Å². The molecule has 6 aromatic carbocycles. The SMILES string of the molecule is COc1cc(-c2ccc(C3CCc4ccc([C@H](C5CC5)[C@H](C)C(=O)O)c(F)c4O3)cc2CN2CCCC2)c(F)cn1.COc1cc(-c2ccc(C3CCc4ccc([C@H](C5CC5)[C@H](C)C(=O)O)c(F)c4O3)cc2CN2CCCC2)c(F)cn1.COc1cc(-c2ccc(C3CCc4ccc([C@H](C5CC5)[C@H](C)C(=O)O)c(F)c4O3)cc2CN2CCCC2)c(F)cn1.CSF. The van der Waals surface area contributed by atoms with E-state index in [2.05, 4.69) is 47.9 Å². The third-order valence-electron chi connectivity index (χ3n) is 27.0. The molecule has 6 aliphatic heterocycles. The fraction of sp³-hybridized carbons (Fsp3) is 0.460. The molecule has 3 unspecified atom stereocenters. The van der Waals surface area contributed by atoms with Gasteiger partial charge in [0.1, 0.15) is 35.8 Å². The zero-order valence-electron chi connectivity index (χ0n) is 72.4. The van der Waals surface area contributed by atoms with Crippen LogP contribution in [0.1, 0.15) is 220 Å². The Labute approximate surface area is 736 Å². The molecule has 6 fully saturated rings. The number of carbonyl (C=O) groups is 3. The van der Waals surface area contributed by atoms with Gasteiger partial charge in [-0.15, -0.1) is 0 Å². The summed E-state index contributed by atoms with van der Waals surface area (Å²) in [5.41, 5.74) is 13.0. The maximum atomic E-state index is 16.1. The second-order valence-corrected chi connectivity index (χ2v) is 35.6. The number of ether oxygens (including phenoxy) is 6. The summed E-state index contributed by atoms with van der Waals surface area (Å²) in [6.45, 7) is 13.0. The van der Waals surface area contributed by atoms with E-state index in [-0.39, 0.29) is 83.2 Å². The lowest BCUT2D eigenvalue weighted by molar-refractivity contribution is -0.143. The molecule has 26 heteroatoms. The van der Waals surface area contributed by atoms with E-state index in [9.17, 15) is 46.8 Å². The van der Waals surface area contributed by atoms with Gasteiger partial charge < -0.3 is 43.7 Å². The Morgan fingerprint density at radius 3 is 0.881 bits per heavy atom. The van der Waals surface area contributed by atoms with Crippen molar-refractivity contribution in [1.82, 2.24) is 29.7 Å².